The first-order valence-corrected chi connectivity index (χ1v) is 8.19. The SMILES string of the molecule is CC[C@@H](C)c1ccc(NC(=S)Nc2cccc(C(C)=O)c2)cc1. The van der Waals surface area contributed by atoms with Crippen LogP contribution in [0.2, 0.25) is 0 Å². The second kappa shape index (κ2) is 7.88. The largest absolute Gasteiger partial charge is 0.332 e. The van der Waals surface area contributed by atoms with Crippen molar-refractivity contribution in [3.63, 3.8) is 0 Å². The predicted octanol–water partition coefficient (Wildman–Crippen LogP) is 5.21. The summed E-state index contributed by atoms with van der Waals surface area (Å²) in [7, 11) is 0. The van der Waals surface area contributed by atoms with E-state index in [2.05, 4.69) is 36.6 Å². The van der Waals surface area contributed by atoms with Crippen molar-refractivity contribution < 1.29 is 4.79 Å². The average molecular weight is 326 g/mol. The molecule has 0 fully saturated rings. The van der Waals surface area contributed by atoms with Gasteiger partial charge in [-0.05, 0) is 61.3 Å². The molecule has 3 nitrogen and oxygen atoms in total. The summed E-state index contributed by atoms with van der Waals surface area (Å²) in [5, 5.41) is 6.76. The molecular weight excluding hydrogens is 304 g/mol. The Labute approximate surface area is 143 Å². The van der Waals surface area contributed by atoms with Gasteiger partial charge in [0.15, 0.2) is 10.9 Å². The van der Waals surface area contributed by atoms with Crippen molar-refractivity contribution in [2.75, 3.05) is 10.6 Å². The zero-order valence-electron chi connectivity index (χ0n) is 13.7. The third-order valence-corrected chi connectivity index (χ3v) is 4.08. The molecule has 2 rings (SSSR count). The summed E-state index contributed by atoms with van der Waals surface area (Å²) >= 11 is 5.33. The van der Waals surface area contributed by atoms with Gasteiger partial charge in [-0.3, -0.25) is 4.79 Å². The second-order valence-corrected chi connectivity index (χ2v) is 6.06. The molecule has 0 unspecified atom stereocenters. The van der Waals surface area contributed by atoms with Gasteiger partial charge in [-0.1, -0.05) is 38.1 Å². The fourth-order valence-electron chi connectivity index (χ4n) is 2.24. The lowest BCUT2D eigenvalue weighted by Gasteiger charge is -2.13. The molecule has 0 aliphatic carbocycles. The smallest absolute Gasteiger partial charge is 0.175 e. The molecular formula is C19H22N2OS. The van der Waals surface area contributed by atoms with Crippen LogP contribution < -0.4 is 10.6 Å². The number of rotatable bonds is 5. The number of anilines is 2. The first-order valence-electron chi connectivity index (χ1n) is 7.78. The molecule has 0 bridgehead atoms. The van der Waals surface area contributed by atoms with Crippen molar-refractivity contribution in [1.29, 1.82) is 0 Å². The van der Waals surface area contributed by atoms with Crippen LogP contribution in [0.25, 0.3) is 0 Å². The summed E-state index contributed by atoms with van der Waals surface area (Å²) in [4.78, 5) is 11.4. The Morgan fingerprint density at radius 3 is 2.35 bits per heavy atom. The number of benzene rings is 2. The third-order valence-electron chi connectivity index (χ3n) is 3.88. The zero-order valence-corrected chi connectivity index (χ0v) is 14.5. The van der Waals surface area contributed by atoms with Crippen LogP contribution in [0.1, 0.15) is 49.0 Å². The molecule has 0 saturated heterocycles. The summed E-state index contributed by atoms with van der Waals surface area (Å²) in [5.41, 5.74) is 3.73. The molecule has 0 aromatic heterocycles. The van der Waals surface area contributed by atoms with Gasteiger partial charge in [-0.2, -0.15) is 0 Å². The minimum Gasteiger partial charge on any atom is -0.332 e. The van der Waals surface area contributed by atoms with Gasteiger partial charge in [0.2, 0.25) is 0 Å². The number of carbonyl (C=O) groups is 1. The van der Waals surface area contributed by atoms with Crippen LogP contribution in [0.15, 0.2) is 48.5 Å². The number of nitrogens with one attached hydrogen (secondary N) is 2. The summed E-state index contributed by atoms with van der Waals surface area (Å²) in [6.07, 6.45) is 1.12. The molecule has 2 aromatic rings. The number of hydrogen-bond donors (Lipinski definition) is 2. The maximum absolute atomic E-state index is 11.4. The molecule has 0 heterocycles. The number of ketones is 1. The minimum absolute atomic E-state index is 0.0353. The van der Waals surface area contributed by atoms with E-state index in [0.717, 1.165) is 17.8 Å². The van der Waals surface area contributed by atoms with E-state index >= 15 is 0 Å². The summed E-state index contributed by atoms with van der Waals surface area (Å²) in [6.45, 7) is 5.95. The van der Waals surface area contributed by atoms with Crippen molar-refractivity contribution in [3.8, 4) is 0 Å². The molecule has 0 amide bonds. The molecule has 1 atom stereocenters. The molecule has 0 aliphatic rings. The van der Waals surface area contributed by atoms with E-state index in [1.165, 1.54) is 5.56 Å². The van der Waals surface area contributed by atoms with Gasteiger partial charge in [0.1, 0.15) is 0 Å². The average Bonchev–Trinajstić information content (AvgIpc) is 2.55. The number of Topliss-reactive ketones (excluding diaryl/α,β-unsaturated/α-hetero) is 1. The molecule has 120 valence electrons. The Balaban J connectivity index is 1.99. The molecule has 4 heteroatoms. The summed E-state index contributed by atoms with van der Waals surface area (Å²) in [6, 6.07) is 15.6. The summed E-state index contributed by atoms with van der Waals surface area (Å²) in [5.74, 6) is 0.594. The van der Waals surface area contributed by atoms with Gasteiger partial charge in [0.05, 0.1) is 0 Å². The quantitative estimate of drug-likeness (QED) is 0.584. The molecule has 2 aromatic carbocycles. The van der Waals surface area contributed by atoms with Crippen LogP contribution >= 0.6 is 12.2 Å². The van der Waals surface area contributed by atoms with Crippen LogP contribution in [-0.4, -0.2) is 10.9 Å². The van der Waals surface area contributed by atoms with E-state index in [1.807, 2.05) is 24.3 Å². The highest BCUT2D eigenvalue weighted by atomic mass is 32.1. The van der Waals surface area contributed by atoms with E-state index in [9.17, 15) is 4.79 Å². The standard InChI is InChI=1S/C19H22N2OS/c1-4-13(2)15-8-10-17(11-9-15)20-19(23)21-18-7-5-6-16(12-18)14(3)22/h5-13H,4H2,1-3H3,(H2,20,21,23)/t13-/m1/s1. The molecule has 0 radical (unpaired) electrons. The Morgan fingerprint density at radius 1 is 1.09 bits per heavy atom. The molecule has 23 heavy (non-hydrogen) atoms. The van der Waals surface area contributed by atoms with E-state index in [0.29, 0.717) is 16.6 Å². The number of carbonyl (C=O) groups excluding carboxylic acids is 1. The first kappa shape index (κ1) is 17.2. The summed E-state index contributed by atoms with van der Waals surface area (Å²) < 4.78 is 0. The van der Waals surface area contributed by atoms with Crippen molar-refractivity contribution in [2.24, 2.45) is 0 Å². The number of thiocarbonyl (C=S) groups is 1. The van der Waals surface area contributed by atoms with E-state index in [-0.39, 0.29) is 5.78 Å². The molecule has 0 aliphatic heterocycles. The van der Waals surface area contributed by atoms with Crippen molar-refractivity contribution in [3.05, 3.63) is 59.7 Å². The lowest BCUT2D eigenvalue weighted by atomic mass is 9.99. The van der Waals surface area contributed by atoms with E-state index in [4.69, 9.17) is 12.2 Å². The highest BCUT2D eigenvalue weighted by Crippen LogP contribution is 2.20. The number of hydrogen-bond acceptors (Lipinski definition) is 2. The van der Waals surface area contributed by atoms with Gasteiger partial charge in [-0.25, -0.2) is 0 Å². The van der Waals surface area contributed by atoms with Gasteiger partial charge >= 0.3 is 0 Å². The third kappa shape index (κ3) is 4.89. The lowest BCUT2D eigenvalue weighted by Crippen LogP contribution is -2.19. The Hall–Kier alpha value is -2.20. The predicted molar refractivity (Wildman–Crippen MR) is 101 cm³/mol. The first-order chi connectivity index (χ1) is 11.0. The fourth-order valence-corrected chi connectivity index (χ4v) is 2.48. The molecule has 0 saturated carbocycles. The maximum atomic E-state index is 11.4. The highest BCUT2D eigenvalue weighted by Gasteiger charge is 2.05. The van der Waals surface area contributed by atoms with Gasteiger partial charge < -0.3 is 10.6 Å². The molecule has 2 N–H and O–H groups in total. The minimum atomic E-state index is 0.0353. The zero-order chi connectivity index (χ0) is 16.8. The second-order valence-electron chi connectivity index (χ2n) is 5.65. The Kier molecular flexibility index (Phi) is 5.88. The van der Waals surface area contributed by atoms with Gasteiger partial charge in [0, 0.05) is 16.9 Å². The van der Waals surface area contributed by atoms with Crippen LogP contribution in [0.3, 0.4) is 0 Å². The van der Waals surface area contributed by atoms with E-state index in [1.54, 1.807) is 19.1 Å². The van der Waals surface area contributed by atoms with E-state index < -0.39 is 0 Å². The van der Waals surface area contributed by atoms with Crippen LogP contribution in [0.4, 0.5) is 11.4 Å². The van der Waals surface area contributed by atoms with Crippen LogP contribution in [0, 0.1) is 0 Å². The Bertz CT molecular complexity index is 695. The van der Waals surface area contributed by atoms with Crippen molar-refractivity contribution in [1.82, 2.24) is 0 Å². The molecule has 0 spiro atoms. The lowest BCUT2D eigenvalue weighted by molar-refractivity contribution is 0.101. The highest BCUT2D eigenvalue weighted by molar-refractivity contribution is 7.80. The van der Waals surface area contributed by atoms with Crippen molar-refractivity contribution in [2.45, 2.75) is 33.1 Å². The van der Waals surface area contributed by atoms with Gasteiger partial charge in [-0.15, -0.1) is 0 Å². The fraction of sp³-hybridized carbons (Fsp3) is 0.263. The van der Waals surface area contributed by atoms with Crippen LogP contribution in [-0.2, 0) is 0 Å². The van der Waals surface area contributed by atoms with Crippen LogP contribution in [0.5, 0.6) is 0 Å². The topological polar surface area (TPSA) is 41.1 Å². The maximum Gasteiger partial charge on any atom is 0.175 e. The van der Waals surface area contributed by atoms with Gasteiger partial charge in [0.25, 0.3) is 0 Å². The normalized spacial score (nSPS) is 11.6. The van der Waals surface area contributed by atoms with Crippen molar-refractivity contribution >= 4 is 34.5 Å². The Morgan fingerprint density at radius 2 is 1.74 bits per heavy atom. The monoisotopic (exact) mass is 326 g/mol.